The minimum Gasteiger partial charge on any atom is -0.321 e. The smallest absolute Gasteiger partial charge is 0.256 e. The first-order chi connectivity index (χ1) is 10.7. The highest BCUT2D eigenvalue weighted by molar-refractivity contribution is 7.83. The second-order valence-electron chi connectivity index (χ2n) is 5.17. The summed E-state index contributed by atoms with van der Waals surface area (Å²) >= 11 is 0. The van der Waals surface area contributed by atoms with Crippen LogP contribution in [0.5, 0.6) is 0 Å². The number of pyridine rings is 1. The van der Waals surface area contributed by atoms with Crippen LogP contribution in [0.25, 0.3) is 22.0 Å². The maximum absolute atomic E-state index is 12.2. The molecule has 6 heteroatoms. The highest BCUT2D eigenvalue weighted by atomic mass is 32.2. The van der Waals surface area contributed by atoms with Crippen molar-refractivity contribution in [1.82, 2.24) is 4.98 Å². The minimum atomic E-state index is -1.88. The van der Waals surface area contributed by atoms with Crippen LogP contribution in [-0.4, -0.2) is 9.19 Å². The molecule has 0 radical (unpaired) electrons. The van der Waals surface area contributed by atoms with E-state index < -0.39 is 11.0 Å². The number of aromatic amines is 1. The van der Waals surface area contributed by atoms with Crippen LogP contribution in [0.2, 0.25) is 0 Å². The van der Waals surface area contributed by atoms with Crippen molar-refractivity contribution in [3.63, 3.8) is 0 Å². The van der Waals surface area contributed by atoms with Crippen molar-refractivity contribution in [3.05, 3.63) is 68.9 Å². The van der Waals surface area contributed by atoms with Crippen LogP contribution in [0.3, 0.4) is 0 Å². The summed E-state index contributed by atoms with van der Waals surface area (Å²) in [5, 5.41) is 1.58. The van der Waals surface area contributed by atoms with E-state index in [4.69, 9.17) is 0 Å². The lowest BCUT2D eigenvalue weighted by Gasteiger charge is -2.05. The molecule has 22 heavy (non-hydrogen) atoms. The van der Waals surface area contributed by atoms with Gasteiger partial charge in [0.1, 0.15) is 0 Å². The van der Waals surface area contributed by atoms with Gasteiger partial charge in [0.05, 0.1) is 10.6 Å². The SMILES string of the molecule is O=NS(=O)c1ccc2c(c1)Cc1c-2[nH]c(=O)c2ccccc12. The molecule has 1 aliphatic carbocycles. The predicted molar refractivity (Wildman–Crippen MR) is 85.0 cm³/mol. The summed E-state index contributed by atoms with van der Waals surface area (Å²) in [5.41, 5.74) is 3.58. The number of benzene rings is 2. The fraction of sp³-hybridized carbons (Fsp3) is 0.0625. The molecule has 1 heterocycles. The lowest BCUT2D eigenvalue weighted by atomic mass is 10.0. The quantitative estimate of drug-likeness (QED) is 0.578. The van der Waals surface area contributed by atoms with Gasteiger partial charge >= 0.3 is 0 Å². The summed E-state index contributed by atoms with van der Waals surface area (Å²) in [7, 11) is -1.88. The third kappa shape index (κ3) is 1.77. The number of hydrogen-bond acceptors (Lipinski definition) is 3. The molecule has 0 saturated heterocycles. The predicted octanol–water partition coefficient (Wildman–Crippen LogP) is 2.89. The Labute approximate surface area is 127 Å². The Bertz CT molecular complexity index is 1020. The van der Waals surface area contributed by atoms with Crippen molar-refractivity contribution in [1.29, 1.82) is 0 Å². The molecule has 2 aromatic carbocycles. The first kappa shape index (κ1) is 13.1. The summed E-state index contributed by atoms with van der Waals surface area (Å²) in [5.74, 6) is 0. The number of aromatic nitrogens is 1. The Morgan fingerprint density at radius 1 is 1.09 bits per heavy atom. The monoisotopic (exact) mass is 310 g/mol. The van der Waals surface area contributed by atoms with Crippen molar-refractivity contribution in [2.45, 2.75) is 11.3 Å². The van der Waals surface area contributed by atoms with E-state index in [1.165, 1.54) is 0 Å². The minimum absolute atomic E-state index is 0.121. The number of nitroso groups, excluding NO2 is 1. The van der Waals surface area contributed by atoms with Gasteiger partial charge in [-0.05, 0) is 34.7 Å². The molecule has 0 bridgehead atoms. The van der Waals surface area contributed by atoms with E-state index in [1.807, 2.05) is 18.2 Å². The van der Waals surface area contributed by atoms with Crippen LogP contribution in [0.4, 0.5) is 0 Å². The number of hydrogen-bond donors (Lipinski definition) is 1. The van der Waals surface area contributed by atoms with Gasteiger partial charge in [-0.3, -0.25) is 4.79 Å². The lowest BCUT2D eigenvalue weighted by Crippen LogP contribution is -2.08. The van der Waals surface area contributed by atoms with Crippen LogP contribution < -0.4 is 5.56 Å². The van der Waals surface area contributed by atoms with Gasteiger partial charge < -0.3 is 4.98 Å². The van der Waals surface area contributed by atoms with Gasteiger partial charge in [0.25, 0.3) is 5.56 Å². The van der Waals surface area contributed by atoms with E-state index in [1.54, 1.807) is 24.3 Å². The number of fused-ring (bicyclic) bond motifs is 5. The van der Waals surface area contributed by atoms with Gasteiger partial charge in [-0.15, -0.1) is 4.91 Å². The Hall–Kier alpha value is -2.60. The van der Waals surface area contributed by atoms with Gasteiger partial charge in [0.2, 0.25) is 11.0 Å². The maximum atomic E-state index is 12.2. The van der Waals surface area contributed by atoms with Crippen LogP contribution in [0.1, 0.15) is 11.1 Å². The van der Waals surface area contributed by atoms with Gasteiger partial charge in [-0.1, -0.05) is 24.3 Å². The molecular weight excluding hydrogens is 300 g/mol. The van der Waals surface area contributed by atoms with Gasteiger partial charge in [-0.25, -0.2) is 4.21 Å². The van der Waals surface area contributed by atoms with Crippen molar-refractivity contribution < 1.29 is 4.21 Å². The second-order valence-corrected chi connectivity index (χ2v) is 6.29. The van der Waals surface area contributed by atoms with E-state index in [0.29, 0.717) is 16.7 Å². The van der Waals surface area contributed by atoms with Gasteiger partial charge in [0.15, 0.2) is 0 Å². The average Bonchev–Trinajstić information content (AvgIpc) is 2.92. The van der Waals surface area contributed by atoms with E-state index >= 15 is 0 Å². The molecule has 0 aliphatic heterocycles. The Morgan fingerprint density at radius 3 is 2.64 bits per heavy atom. The zero-order valence-electron chi connectivity index (χ0n) is 11.3. The number of nitrogens with one attached hydrogen (secondary N) is 1. The molecule has 0 fully saturated rings. The highest BCUT2D eigenvalue weighted by Gasteiger charge is 2.23. The molecule has 108 valence electrons. The molecule has 5 nitrogen and oxygen atoms in total. The van der Waals surface area contributed by atoms with Crippen LogP contribution in [-0.2, 0) is 17.4 Å². The molecule has 4 rings (SSSR count). The maximum Gasteiger partial charge on any atom is 0.256 e. The number of nitrogens with zero attached hydrogens (tertiary/aromatic N) is 1. The van der Waals surface area contributed by atoms with Crippen molar-refractivity contribution in [2.24, 2.45) is 4.58 Å². The zero-order valence-corrected chi connectivity index (χ0v) is 12.1. The van der Waals surface area contributed by atoms with Crippen LogP contribution in [0.15, 0.2) is 56.7 Å². The molecule has 0 spiro atoms. The van der Waals surface area contributed by atoms with Crippen LogP contribution in [0, 0.1) is 4.91 Å². The molecule has 1 aliphatic rings. The average molecular weight is 310 g/mol. The lowest BCUT2D eigenvalue weighted by molar-refractivity contribution is 0.684. The largest absolute Gasteiger partial charge is 0.321 e. The second kappa shape index (κ2) is 4.71. The van der Waals surface area contributed by atoms with Gasteiger partial charge in [-0.2, -0.15) is 0 Å². The summed E-state index contributed by atoms with van der Waals surface area (Å²) in [6, 6.07) is 12.6. The summed E-state index contributed by atoms with van der Waals surface area (Å²) < 4.78 is 14.1. The first-order valence-electron chi connectivity index (χ1n) is 6.71. The van der Waals surface area contributed by atoms with E-state index in [0.717, 1.165) is 27.8 Å². The molecule has 0 amide bonds. The Kier molecular flexibility index (Phi) is 2.80. The van der Waals surface area contributed by atoms with Crippen molar-refractivity contribution in [2.75, 3.05) is 0 Å². The van der Waals surface area contributed by atoms with Crippen LogP contribution >= 0.6 is 0 Å². The summed E-state index contributed by atoms with van der Waals surface area (Å²) in [6.45, 7) is 0. The number of rotatable bonds is 2. The molecule has 1 atom stereocenters. The van der Waals surface area contributed by atoms with Crippen molar-refractivity contribution >= 4 is 21.8 Å². The molecule has 1 N–H and O–H groups in total. The van der Waals surface area contributed by atoms with Gasteiger partial charge in [0, 0.05) is 22.0 Å². The van der Waals surface area contributed by atoms with E-state index in [2.05, 4.69) is 9.57 Å². The first-order valence-corrected chi connectivity index (χ1v) is 7.82. The number of H-pyrrole nitrogens is 1. The Morgan fingerprint density at radius 2 is 1.86 bits per heavy atom. The third-order valence-corrected chi connectivity index (χ3v) is 4.81. The summed E-state index contributed by atoms with van der Waals surface area (Å²) in [4.78, 5) is 26.0. The Balaban J connectivity index is 1.98. The van der Waals surface area contributed by atoms with E-state index in [9.17, 15) is 13.9 Å². The standard InChI is InChI=1S/C16H10N2O3S/c19-16-13-4-2-1-3-12(13)14-8-9-7-10(22(21)18-20)5-6-11(9)15(14)17-16/h1-7H,8H2,(H,17,19). The van der Waals surface area contributed by atoms with Crippen molar-refractivity contribution in [3.8, 4) is 11.3 Å². The topological polar surface area (TPSA) is 79.4 Å². The third-order valence-electron chi connectivity index (χ3n) is 4.02. The van der Waals surface area contributed by atoms with E-state index in [-0.39, 0.29) is 5.56 Å². The summed E-state index contributed by atoms with van der Waals surface area (Å²) in [6.07, 6.45) is 0.631. The molecule has 1 aromatic heterocycles. The molecular formula is C16H10N2O3S. The molecule has 1 unspecified atom stereocenters. The highest BCUT2D eigenvalue weighted by Crippen LogP contribution is 2.38. The zero-order chi connectivity index (χ0) is 15.3. The normalized spacial score (nSPS) is 13.6. The fourth-order valence-electron chi connectivity index (χ4n) is 3.05. The fourth-order valence-corrected chi connectivity index (χ4v) is 3.56. The molecule has 3 aromatic rings. The molecule has 0 saturated carbocycles.